The minimum Gasteiger partial charge on any atom is -0.372 e. The third-order valence-corrected chi connectivity index (χ3v) is 6.20. The van der Waals surface area contributed by atoms with E-state index in [0.717, 1.165) is 35.7 Å². The van der Waals surface area contributed by atoms with Crippen molar-refractivity contribution in [3.05, 3.63) is 52.9 Å². The van der Waals surface area contributed by atoms with Gasteiger partial charge in [0, 0.05) is 49.9 Å². The number of aryl methyl sites for hydroxylation is 1. The highest BCUT2D eigenvalue weighted by molar-refractivity contribution is 7.80. The number of aromatic nitrogens is 1. The van der Waals surface area contributed by atoms with Gasteiger partial charge in [-0.05, 0) is 81.9 Å². The van der Waals surface area contributed by atoms with Gasteiger partial charge in [0.05, 0.1) is 0 Å². The molecule has 3 rings (SSSR count). The number of anilines is 1. The van der Waals surface area contributed by atoms with Crippen LogP contribution in [0.2, 0.25) is 0 Å². The van der Waals surface area contributed by atoms with E-state index in [4.69, 9.17) is 12.2 Å². The summed E-state index contributed by atoms with van der Waals surface area (Å²) in [7, 11) is 3.17. The summed E-state index contributed by atoms with van der Waals surface area (Å²) in [5.41, 5.74) is 5.19. The second kappa shape index (κ2) is 8.44. The van der Waals surface area contributed by atoms with Crippen molar-refractivity contribution >= 4 is 40.9 Å². The Hall–Kier alpha value is -2.93. The van der Waals surface area contributed by atoms with Crippen molar-refractivity contribution in [2.45, 2.75) is 27.7 Å². The first kappa shape index (κ1) is 21.8. The first-order chi connectivity index (χ1) is 14.2. The van der Waals surface area contributed by atoms with Crippen molar-refractivity contribution in [1.29, 1.82) is 0 Å². The molecule has 158 valence electrons. The normalized spacial score (nSPS) is 14.6. The molecule has 30 heavy (non-hydrogen) atoms. The molecule has 0 saturated carbocycles. The molecule has 1 fully saturated rings. The van der Waals surface area contributed by atoms with Crippen LogP contribution in [0.5, 0.6) is 0 Å². The fraction of sp³-hybridized carbons (Fsp3) is 0.348. The van der Waals surface area contributed by atoms with Crippen molar-refractivity contribution in [2.24, 2.45) is 0 Å². The number of carbonyl (C=O) groups excluding carboxylic acids is 2. The van der Waals surface area contributed by atoms with Crippen LogP contribution in [0.3, 0.4) is 0 Å². The van der Waals surface area contributed by atoms with Crippen molar-refractivity contribution in [2.75, 3.05) is 32.1 Å². The molecule has 1 aromatic carbocycles. The zero-order valence-corrected chi connectivity index (χ0v) is 19.2. The molecule has 6 nitrogen and oxygen atoms in total. The molecule has 0 aliphatic carbocycles. The fourth-order valence-electron chi connectivity index (χ4n) is 3.86. The molecule has 2 heterocycles. The van der Waals surface area contributed by atoms with Gasteiger partial charge in [-0.25, -0.2) is 0 Å². The SMILES string of the molecule is CCN(CC)c1ccc(-n2c(C)cc(C=C3C(=O)N(C)C(=S)N(C)C3=O)c2C)cc1. The number of rotatable bonds is 5. The summed E-state index contributed by atoms with van der Waals surface area (Å²) in [4.78, 5) is 30.2. The van der Waals surface area contributed by atoms with Crippen LogP contribution in [-0.4, -0.2) is 58.5 Å². The Morgan fingerprint density at radius 1 is 0.967 bits per heavy atom. The van der Waals surface area contributed by atoms with Crippen LogP contribution >= 0.6 is 12.2 Å². The van der Waals surface area contributed by atoms with Crippen molar-refractivity contribution < 1.29 is 9.59 Å². The molecule has 0 atom stereocenters. The van der Waals surface area contributed by atoms with Gasteiger partial charge in [0.1, 0.15) is 5.57 Å². The van der Waals surface area contributed by atoms with Gasteiger partial charge >= 0.3 is 0 Å². The van der Waals surface area contributed by atoms with Crippen molar-refractivity contribution in [3.8, 4) is 5.69 Å². The monoisotopic (exact) mass is 424 g/mol. The smallest absolute Gasteiger partial charge is 0.265 e. The van der Waals surface area contributed by atoms with Crippen LogP contribution in [-0.2, 0) is 9.59 Å². The van der Waals surface area contributed by atoms with Gasteiger partial charge in [-0.2, -0.15) is 0 Å². The van der Waals surface area contributed by atoms with E-state index < -0.39 is 0 Å². The third kappa shape index (κ3) is 3.65. The van der Waals surface area contributed by atoms with Crippen molar-refractivity contribution in [3.63, 3.8) is 0 Å². The topological polar surface area (TPSA) is 48.8 Å². The summed E-state index contributed by atoms with van der Waals surface area (Å²) in [6.45, 7) is 10.2. The molecule has 2 amide bonds. The Kier molecular flexibility index (Phi) is 6.12. The molecule has 1 aliphatic rings. The lowest BCUT2D eigenvalue weighted by Crippen LogP contribution is -2.52. The van der Waals surface area contributed by atoms with E-state index >= 15 is 0 Å². The Labute approximate surface area is 183 Å². The maximum absolute atomic E-state index is 12.6. The predicted octanol–water partition coefficient (Wildman–Crippen LogP) is 3.54. The zero-order valence-electron chi connectivity index (χ0n) is 18.4. The number of thiocarbonyl (C=S) groups is 1. The van der Waals surface area contributed by atoms with Gasteiger partial charge in [-0.3, -0.25) is 19.4 Å². The molecule has 1 aromatic heterocycles. The van der Waals surface area contributed by atoms with Crippen molar-refractivity contribution in [1.82, 2.24) is 14.4 Å². The largest absolute Gasteiger partial charge is 0.372 e. The van der Waals surface area contributed by atoms with Crippen LogP contribution in [0.15, 0.2) is 35.9 Å². The number of carbonyl (C=O) groups is 2. The maximum Gasteiger partial charge on any atom is 0.265 e. The van der Waals surface area contributed by atoms with E-state index in [0.29, 0.717) is 0 Å². The van der Waals surface area contributed by atoms with E-state index in [9.17, 15) is 9.59 Å². The lowest BCUT2D eigenvalue weighted by Gasteiger charge is -2.31. The summed E-state index contributed by atoms with van der Waals surface area (Å²) in [5, 5.41) is 0.209. The fourth-order valence-corrected chi connectivity index (χ4v) is 4.03. The van der Waals surface area contributed by atoms with E-state index in [1.807, 2.05) is 19.9 Å². The number of hydrogen-bond acceptors (Lipinski definition) is 4. The third-order valence-electron chi connectivity index (χ3n) is 5.65. The number of likely N-dealkylation sites (N-methyl/N-ethyl adjacent to an activating group) is 2. The lowest BCUT2D eigenvalue weighted by molar-refractivity contribution is -0.132. The molecule has 7 heteroatoms. The number of amides is 2. The predicted molar refractivity (Wildman–Crippen MR) is 125 cm³/mol. The molecule has 2 aromatic rings. The highest BCUT2D eigenvalue weighted by atomic mass is 32.1. The Bertz CT molecular complexity index is 1010. The van der Waals surface area contributed by atoms with Crippen LogP contribution < -0.4 is 4.90 Å². The first-order valence-electron chi connectivity index (χ1n) is 10.1. The second-order valence-corrected chi connectivity index (χ2v) is 7.78. The second-order valence-electron chi connectivity index (χ2n) is 7.42. The summed E-state index contributed by atoms with van der Waals surface area (Å²) >= 11 is 5.16. The minimum atomic E-state index is -0.378. The first-order valence-corrected chi connectivity index (χ1v) is 10.5. The van der Waals surface area contributed by atoms with E-state index in [1.165, 1.54) is 15.5 Å². The molecule has 0 bridgehead atoms. The summed E-state index contributed by atoms with van der Waals surface area (Å²) < 4.78 is 2.13. The molecular formula is C23H28N4O2S. The zero-order chi connectivity index (χ0) is 22.2. The van der Waals surface area contributed by atoms with Gasteiger partial charge in [0.25, 0.3) is 11.8 Å². The van der Waals surface area contributed by atoms with Crippen LogP contribution in [0.4, 0.5) is 5.69 Å². The molecule has 1 saturated heterocycles. The summed E-state index contributed by atoms with van der Waals surface area (Å²) in [5.74, 6) is -0.757. The number of hydrogen-bond donors (Lipinski definition) is 0. The van der Waals surface area contributed by atoms with Gasteiger partial charge in [0.2, 0.25) is 0 Å². The number of benzene rings is 1. The average Bonchev–Trinajstić information content (AvgIpc) is 3.02. The molecular weight excluding hydrogens is 396 g/mol. The van der Waals surface area contributed by atoms with E-state index in [2.05, 4.69) is 47.6 Å². The molecule has 0 radical (unpaired) electrons. The molecule has 0 spiro atoms. The van der Waals surface area contributed by atoms with Crippen LogP contribution in [0, 0.1) is 13.8 Å². The summed E-state index contributed by atoms with van der Waals surface area (Å²) in [6.07, 6.45) is 1.67. The molecule has 1 aliphatic heterocycles. The Balaban J connectivity index is 2.00. The van der Waals surface area contributed by atoms with Gasteiger partial charge in [0.15, 0.2) is 5.11 Å². The van der Waals surface area contributed by atoms with Gasteiger partial charge in [-0.15, -0.1) is 0 Å². The lowest BCUT2D eigenvalue weighted by atomic mass is 10.1. The highest BCUT2D eigenvalue weighted by Crippen LogP contribution is 2.26. The Morgan fingerprint density at radius 2 is 1.50 bits per heavy atom. The molecule has 0 N–H and O–H groups in total. The standard InChI is InChI=1S/C23H28N4O2S/c1-7-26(8-2)18-9-11-19(12-10-18)27-15(3)13-17(16(27)4)14-20-21(28)24(5)23(30)25(6)22(20)29/h9-14H,7-8H2,1-6H3. The van der Waals surface area contributed by atoms with E-state index in [-0.39, 0.29) is 22.5 Å². The minimum absolute atomic E-state index is 0.116. The Morgan fingerprint density at radius 3 is 2.00 bits per heavy atom. The van der Waals surface area contributed by atoms with Crippen LogP contribution in [0.1, 0.15) is 30.8 Å². The highest BCUT2D eigenvalue weighted by Gasteiger charge is 2.35. The van der Waals surface area contributed by atoms with Crippen LogP contribution in [0.25, 0.3) is 11.8 Å². The summed E-state index contributed by atoms with van der Waals surface area (Å²) in [6, 6.07) is 10.4. The van der Waals surface area contributed by atoms with E-state index in [1.54, 1.807) is 20.2 Å². The maximum atomic E-state index is 12.6. The van der Waals surface area contributed by atoms with Gasteiger partial charge < -0.3 is 9.47 Å². The number of nitrogens with zero attached hydrogens (tertiary/aromatic N) is 4. The average molecular weight is 425 g/mol. The molecule has 0 unspecified atom stereocenters. The van der Waals surface area contributed by atoms with Gasteiger partial charge in [-0.1, -0.05) is 0 Å². The quantitative estimate of drug-likeness (QED) is 0.419.